The first-order chi connectivity index (χ1) is 11.2. The van der Waals surface area contributed by atoms with Gasteiger partial charge in [-0.05, 0) is 30.0 Å². The maximum Gasteiger partial charge on any atom is 0.416 e. The van der Waals surface area contributed by atoms with E-state index in [1.54, 1.807) is 0 Å². The summed E-state index contributed by atoms with van der Waals surface area (Å²) in [7, 11) is 0. The van der Waals surface area contributed by atoms with Crippen LogP contribution in [0.25, 0.3) is 0 Å². The van der Waals surface area contributed by atoms with E-state index in [4.69, 9.17) is 0 Å². The van der Waals surface area contributed by atoms with Gasteiger partial charge < -0.3 is 14.9 Å². The SMILES string of the molecule is O=C([O-])c1c[nH]c(=O)n(C2CCc3c2cccc3C(F)(F)F)c1=O. The molecule has 1 aromatic heterocycles. The lowest BCUT2D eigenvalue weighted by Gasteiger charge is -2.17. The van der Waals surface area contributed by atoms with Gasteiger partial charge in [0, 0.05) is 6.20 Å². The molecule has 1 aromatic carbocycles. The number of benzene rings is 1. The molecular formula is C15H10F3N2O4-. The lowest BCUT2D eigenvalue weighted by molar-refractivity contribution is -0.255. The zero-order valence-corrected chi connectivity index (χ0v) is 12.0. The Bertz CT molecular complexity index is 943. The average molecular weight is 339 g/mol. The van der Waals surface area contributed by atoms with E-state index >= 15 is 0 Å². The highest BCUT2D eigenvalue weighted by atomic mass is 19.4. The predicted molar refractivity (Wildman–Crippen MR) is 73.6 cm³/mol. The van der Waals surface area contributed by atoms with Crippen LogP contribution in [0.2, 0.25) is 0 Å². The summed E-state index contributed by atoms with van der Waals surface area (Å²) in [5.41, 5.74) is -3.36. The van der Waals surface area contributed by atoms with E-state index in [1.165, 1.54) is 12.1 Å². The fourth-order valence-electron chi connectivity index (χ4n) is 3.08. The van der Waals surface area contributed by atoms with Crippen LogP contribution in [0.4, 0.5) is 13.2 Å². The molecule has 3 rings (SSSR count). The molecule has 0 aliphatic heterocycles. The number of fused-ring (bicyclic) bond motifs is 1. The topological polar surface area (TPSA) is 95.0 Å². The number of carbonyl (C=O) groups is 1. The fourth-order valence-corrected chi connectivity index (χ4v) is 3.08. The van der Waals surface area contributed by atoms with Crippen LogP contribution in [0, 0.1) is 0 Å². The van der Waals surface area contributed by atoms with Crippen molar-refractivity contribution in [2.45, 2.75) is 25.1 Å². The van der Waals surface area contributed by atoms with Crippen LogP contribution in [0.1, 0.15) is 39.5 Å². The van der Waals surface area contributed by atoms with E-state index in [0.717, 1.165) is 12.3 Å². The van der Waals surface area contributed by atoms with Crippen molar-refractivity contribution in [3.63, 3.8) is 0 Å². The third kappa shape index (κ3) is 2.41. The van der Waals surface area contributed by atoms with E-state index in [9.17, 15) is 32.7 Å². The normalized spacial score (nSPS) is 16.9. The summed E-state index contributed by atoms with van der Waals surface area (Å²) in [6.07, 6.45) is -3.72. The minimum absolute atomic E-state index is 0.0140. The van der Waals surface area contributed by atoms with Crippen LogP contribution in [0.5, 0.6) is 0 Å². The molecule has 0 spiro atoms. The molecule has 0 amide bonds. The van der Waals surface area contributed by atoms with Crippen molar-refractivity contribution in [2.75, 3.05) is 0 Å². The number of H-pyrrole nitrogens is 1. The first-order valence-electron chi connectivity index (χ1n) is 6.96. The molecule has 6 nitrogen and oxygen atoms in total. The van der Waals surface area contributed by atoms with Crippen LogP contribution in [0.3, 0.4) is 0 Å². The number of carboxylic acids is 1. The van der Waals surface area contributed by atoms with E-state index in [0.29, 0.717) is 4.57 Å². The summed E-state index contributed by atoms with van der Waals surface area (Å²) in [6.45, 7) is 0. The third-order valence-electron chi connectivity index (χ3n) is 4.08. The van der Waals surface area contributed by atoms with E-state index in [1.807, 2.05) is 0 Å². The molecule has 1 heterocycles. The van der Waals surface area contributed by atoms with Gasteiger partial charge in [0.25, 0.3) is 5.56 Å². The molecule has 1 atom stereocenters. The number of carbonyl (C=O) groups excluding carboxylic acids is 1. The number of aromatic carboxylic acids is 1. The Kier molecular flexibility index (Phi) is 3.58. The van der Waals surface area contributed by atoms with E-state index in [-0.39, 0.29) is 24.0 Å². The number of aromatic amines is 1. The molecular weight excluding hydrogens is 329 g/mol. The Balaban J connectivity index is 2.21. The predicted octanol–water partition coefficient (Wildman–Crippen LogP) is 0.454. The molecule has 0 saturated heterocycles. The minimum atomic E-state index is -4.55. The van der Waals surface area contributed by atoms with Crippen LogP contribution < -0.4 is 16.4 Å². The van der Waals surface area contributed by atoms with Crippen molar-refractivity contribution in [1.29, 1.82) is 0 Å². The second-order valence-corrected chi connectivity index (χ2v) is 5.40. The molecule has 1 aliphatic rings. The number of aromatic nitrogens is 2. The quantitative estimate of drug-likeness (QED) is 0.860. The maximum atomic E-state index is 13.1. The highest BCUT2D eigenvalue weighted by molar-refractivity contribution is 5.84. The van der Waals surface area contributed by atoms with Gasteiger partial charge in [-0.2, -0.15) is 13.2 Å². The molecule has 0 radical (unpaired) electrons. The standard InChI is InChI=1S/C15H11F3N2O4/c16-15(17,18)10-3-1-2-8-7(10)4-5-11(8)20-12(21)9(13(22)23)6-19-14(20)24/h1-3,6,11H,4-5H2,(H,19,24)(H,22,23)/p-1. The highest BCUT2D eigenvalue weighted by Crippen LogP contribution is 2.41. The molecule has 24 heavy (non-hydrogen) atoms. The van der Waals surface area contributed by atoms with Crippen molar-refractivity contribution in [3.05, 3.63) is 67.5 Å². The van der Waals surface area contributed by atoms with Crippen molar-refractivity contribution in [1.82, 2.24) is 9.55 Å². The van der Waals surface area contributed by atoms with Gasteiger partial charge in [-0.1, -0.05) is 12.1 Å². The van der Waals surface area contributed by atoms with Gasteiger partial charge in [0.2, 0.25) is 0 Å². The monoisotopic (exact) mass is 339 g/mol. The van der Waals surface area contributed by atoms with Crippen molar-refractivity contribution < 1.29 is 23.1 Å². The van der Waals surface area contributed by atoms with Crippen LogP contribution in [-0.4, -0.2) is 15.5 Å². The molecule has 1 N–H and O–H groups in total. The fraction of sp³-hybridized carbons (Fsp3) is 0.267. The Hall–Kier alpha value is -2.84. The summed E-state index contributed by atoms with van der Waals surface area (Å²) < 4.78 is 39.9. The first kappa shape index (κ1) is 16.0. The molecule has 0 saturated carbocycles. The molecule has 2 aromatic rings. The van der Waals surface area contributed by atoms with Gasteiger partial charge in [0.15, 0.2) is 0 Å². The highest BCUT2D eigenvalue weighted by Gasteiger charge is 2.38. The number of carboxylic acid groups (broad SMARTS) is 1. The Morgan fingerprint density at radius 1 is 1.29 bits per heavy atom. The summed E-state index contributed by atoms with van der Waals surface area (Å²) in [6, 6.07) is 2.57. The number of hydrogen-bond acceptors (Lipinski definition) is 4. The molecule has 1 unspecified atom stereocenters. The van der Waals surface area contributed by atoms with Gasteiger partial charge in [0.1, 0.15) is 0 Å². The molecule has 0 bridgehead atoms. The summed E-state index contributed by atoms with van der Waals surface area (Å²) >= 11 is 0. The number of nitrogens with zero attached hydrogens (tertiary/aromatic N) is 1. The smallest absolute Gasteiger partial charge is 0.416 e. The first-order valence-corrected chi connectivity index (χ1v) is 6.96. The van der Waals surface area contributed by atoms with E-state index < -0.39 is 40.6 Å². The zero-order chi connectivity index (χ0) is 17.6. The zero-order valence-electron chi connectivity index (χ0n) is 12.0. The number of nitrogens with one attached hydrogen (secondary N) is 1. The molecule has 9 heteroatoms. The molecule has 126 valence electrons. The second-order valence-electron chi connectivity index (χ2n) is 5.40. The Morgan fingerprint density at radius 3 is 2.62 bits per heavy atom. The van der Waals surface area contributed by atoms with Crippen molar-refractivity contribution in [2.24, 2.45) is 0 Å². The van der Waals surface area contributed by atoms with Crippen LogP contribution >= 0.6 is 0 Å². The number of hydrogen-bond donors (Lipinski definition) is 1. The van der Waals surface area contributed by atoms with Gasteiger partial charge in [-0.15, -0.1) is 0 Å². The lowest BCUT2D eigenvalue weighted by atomic mass is 10.0. The van der Waals surface area contributed by atoms with Crippen LogP contribution in [0.15, 0.2) is 34.0 Å². The molecule has 0 fully saturated rings. The summed E-state index contributed by atoms with van der Waals surface area (Å²) in [4.78, 5) is 37.2. The van der Waals surface area contributed by atoms with E-state index in [2.05, 4.69) is 4.98 Å². The minimum Gasteiger partial charge on any atom is -0.545 e. The summed E-state index contributed by atoms with van der Waals surface area (Å²) in [5, 5.41) is 10.9. The Morgan fingerprint density at radius 2 is 2.00 bits per heavy atom. The van der Waals surface area contributed by atoms with Gasteiger partial charge in [0.05, 0.1) is 23.1 Å². The summed E-state index contributed by atoms with van der Waals surface area (Å²) in [5.74, 6) is -1.77. The number of halogens is 3. The third-order valence-corrected chi connectivity index (χ3v) is 4.08. The maximum absolute atomic E-state index is 13.1. The van der Waals surface area contributed by atoms with Crippen molar-refractivity contribution >= 4 is 5.97 Å². The Labute approximate surface area is 132 Å². The van der Waals surface area contributed by atoms with Gasteiger partial charge >= 0.3 is 11.9 Å². The van der Waals surface area contributed by atoms with Crippen molar-refractivity contribution in [3.8, 4) is 0 Å². The largest absolute Gasteiger partial charge is 0.545 e. The lowest BCUT2D eigenvalue weighted by Crippen LogP contribution is -2.42. The van der Waals surface area contributed by atoms with Crippen LogP contribution in [-0.2, 0) is 12.6 Å². The average Bonchev–Trinajstić information content (AvgIpc) is 2.89. The van der Waals surface area contributed by atoms with Gasteiger partial charge in [-0.3, -0.25) is 9.36 Å². The number of alkyl halides is 3. The van der Waals surface area contributed by atoms with Gasteiger partial charge in [-0.25, -0.2) is 4.79 Å². The molecule has 1 aliphatic carbocycles. The second kappa shape index (κ2) is 5.36. The number of rotatable bonds is 2.